The summed E-state index contributed by atoms with van der Waals surface area (Å²) in [4.78, 5) is 0. The number of benzene rings is 1. The molecule has 1 unspecified atom stereocenters. The second-order valence-electron chi connectivity index (χ2n) is 3.04. The van der Waals surface area contributed by atoms with Gasteiger partial charge in [0.15, 0.2) is 0 Å². The lowest BCUT2D eigenvalue weighted by Crippen LogP contribution is -1.93. The molecule has 0 amide bonds. The second kappa shape index (κ2) is 4.72. The van der Waals surface area contributed by atoms with Crippen molar-refractivity contribution in [1.29, 1.82) is 0 Å². The topological polar surface area (TPSA) is 9.23 Å². The van der Waals surface area contributed by atoms with Crippen molar-refractivity contribution in [3.05, 3.63) is 40.4 Å². The highest BCUT2D eigenvalue weighted by molar-refractivity contribution is 6.42. The Balaban J connectivity index is 3.26. The number of methoxy groups -OCH3 is 1. The summed E-state index contributed by atoms with van der Waals surface area (Å²) in [6.07, 6.45) is 1.82. The zero-order chi connectivity index (χ0) is 10.7. The molecular weight excluding hydrogens is 219 g/mol. The predicted molar refractivity (Wildman–Crippen MR) is 61.6 cm³/mol. The maximum Gasteiger partial charge on any atom is 0.120 e. The molecular formula is C11H12Cl2O. The summed E-state index contributed by atoms with van der Waals surface area (Å²) in [5.41, 5.74) is 0.936. The molecule has 76 valence electrons. The highest BCUT2D eigenvalue weighted by Gasteiger charge is 2.11. The van der Waals surface area contributed by atoms with Crippen molar-refractivity contribution in [2.45, 2.75) is 12.8 Å². The van der Waals surface area contributed by atoms with E-state index in [0.29, 0.717) is 15.8 Å². The molecule has 0 spiro atoms. The van der Waals surface area contributed by atoms with Gasteiger partial charge >= 0.3 is 0 Å². The first-order valence-corrected chi connectivity index (χ1v) is 5.01. The number of halogens is 2. The van der Waals surface area contributed by atoms with Crippen LogP contribution in [0.2, 0.25) is 10.0 Å². The minimum atomic E-state index is 0.162. The van der Waals surface area contributed by atoms with Crippen molar-refractivity contribution in [2.75, 3.05) is 7.11 Å². The van der Waals surface area contributed by atoms with E-state index < -0.39 is 0 Å². The molecule has 0 fully saturated rings. The number of allylic oxidation sites excluding steroid dienone is 1. The third-order valence-electron chi connectivity index (χ3n) is 2.11. The predicted octanol–water partition coefficient (Wildman–Crippen LogP) is 4.29. The summed E-state index contributed by atoms with van der Waals surface area (Å²) in [7, 11) is 1.60. The van der Waals surface area contributed by atoms with Crippen molar-refractivity contribution in [2.24, 2.45) is 0 Å². The SMILES string of the molecule is C=CC(C)c1cc(OC)cc(Cl)c1Cl. The van der Waals surface area contributed by atoms with Crippen LogP contribution >= 0.6 is 23.2 Å². The molecule has 0 aliphatic heterocycles. The van der Waals surface area contributed by atoms with Gasteiger partial charge in [0.1, 0.15) is 5.75 Å². The van der Waals surface area contributed by atoms with E-state index in [1.165, 1.54) is 0 Å². The summed E-state index contributed by atoms with van der Waals surface area (Å²) >= 11 is 12.0. The third kappa shape index (κ3) is 2.23. The van der Waals surface area contributed by atoms with Crippen LogP contribution in [-0.2, 0) is 0 Å². The number of hydrogen-bond acceptors (Lipinski definition) is 1. The van der Waals surface area contributed by atoms with Gasteiger partial charge in [-0.3, -0.25) is 0 Å². The fourth-order valence-corrected chi connectivity index (χ4v) is 1.66. The minimum absolute atomic E-state index is 0.162. The van der Waals surface area contributed by atoms with E-state index in [9.17, 15) is 0 Å². The van der Waals surface area contributed by atoms with Crippen molar-refractivity contribution < 1.29 is 4.74 Å². The first kappa shape index (κ1) is 11.4. The van der Waals surface area contributed by atoms with E-state index in [0.717, 1.165) is 5.56 Å². The number of ether oxygens (including phenoxy) is 1. The van der Waals surface area contributed by atoms with Gasteiger partial charge in [-0.15, -0.1) is 6.58 Å². The van der Waals surface area contributed by atoms with E-state index >= 15 is 0 Å². The lowest BCUT2D eigenvalue weighted by Gasteiger charge is -2.12. The van der Waals surface area contributed by atoms with Crippen molar-refractivity contribution >= 4 is 23.2 Å². The summed E-state index contributed by atoms with van der Waals surface area (Å²) in [6, 6.07) is 3.57. The maximum absolute atomic E-state index is 6.06. The number of rotatable bonds is 3. The Morgan fingerprint density at radius 3 is 2.57 bits per heavy atom. The molecule has 0 aromatic heterocycles. The Labute approximate surface area is 94.3 Å². The highest BCUT2D eigenvalue weighted by atomic mass is 35.5. The van der Waals surface area contributed by atoms with Gasteiger partial charge in [0, 0.05) is 12.0 Å². The fraction of sp³-hybridized carbons (Fsp3) is 0.273. The van der Waals surface area contributed by atoms with Crippen LogP contribution < -0.4 is 4.74 Å². The average molecular weight is 231 g/mol. The average Bonchev–Trinajstić information content (AvgIpc) is 2.20. The van der Waals surface area contributed by atoms with E-state index in [4.69, 9.17) is 27.9 Å². The Morgan fingerprint density at radius 2 is 2.07 bits per heavy atom. The first-order chi connectivity index (χ1) is 6.60. The van der Waals surface area contributed by atoms with Crippen LogP contribution in [0.1, 0.15) is 18.4 Å². The third-order valence-corrected chi connectivity index (χ3v) is 2.93. The Bertz CT molecular complexity index is 347. The maximum atomic E-state index is 6.06. The highest BCUT2D eigenvalue weighted by Crippen LogP contribution is 2.35. The van der Waals surface area contributed by atoms with Crippen molar-refractivity contribution in [1.82, 2.24) is 0 Å². The molecule has 0 saturated carbocycles. The lowest BCUT2D eigenvalue weighted by molar-refractivity contribution is 0.414. The van der Waals surface area contributed by atoms with Crippen LogP contribution in [0.5, 0.6) is 5.75 Å². The summed E-state index contributed by atoms with van der Waals surface area (Å²) in [5, 5.41) is 1.08. The summed E-state index contributed by atoms with van der Waals surface area (Å²) in [5.74, 6) is 0.873. The van der Waals surface area contributed by atoms with Crippen LogP contribution in [0, 0.1) is 0 Å². The van der Waals surface area contributed by atoms with Crippen LogP contribution in [0.3, 0.4) is 0 Å². The molecule has 1 nitrogen and oxygen atoms in total. The molecule has 1 rings (SSSR count). The van der Waals surface area contributed by atoms with Gasteiger partial charge in [0.2, 0.25) is 0 Å². The van der Waals surface area contributed by atoms with E-state index in [1.807, 2.05) is 19.1 Å². The molecule has 3 heteroatoms. The molecule has 0 radical (unpaired) electrons. The quantitative estimate of drug-likeness (QED) is 0.705. The standard InChI is InChI=1S/C11H12Cl2O/c1-4-7(2)9-5-8(14-3)6-10(12)11(9)13/h4-7H,1H2,2-3H3. The second-order valence-corrected chi connectivity index (χ2v) is 3.82. The fourth-order valence-electron chi connectivity index (χ4n) is 1.16. The molecule has 14 heavy (non-hydrogen) atoms. The molecule has 0 saturated heterocycles. The van der Waals surface area contributed by atoms with Gasteiger partial charge in [0.25, 0.3) is 0 Å². The molecule has 1 aromatic carbocycles. The molecule has 0 aliphatic carbocycles. The van der Waals surface area contributed by atoms with Crippen molar-refractivity contribution in [3.63, 3.8) is 0 Å². The molecule has 0 heterocycles. The summed E-state index contributed by atoms with van der Waals surface area (Å²) in [6.45, 7) is 5.72. The van der Waals surface area contributed by atoms with Gasteiger partial charge in [-0.25, -0.2) is 0 Å². The molecule has 0 bridgehead atoms. The van der Waals surface area contributed by atoms with Crippen LogP contribution in [0.4, 0.5) is 0 Å². The van der Waals surface area contributed by atoms with E-state index in [2.05, 4.69) is 6.58 Å². The molecule has 0 N–H and O–H groups in total. The zero-order valence-electron chi connectivity index (χ0n) is 8.18. The van der Waals surface area contributed by atoms with Crippen molar-refractivity contribution in [3.8, 4) is 5.75 Å². The molecule has 0 aliphatic rings. The molecule has 1 aromatic rings. The Morgan fingerprint density at radius 1 is 1.43 bits per heavy atom. The van der Waals surface area contributed by atoms with E-state index in [-0.39, 0.29) is 5.92 Å². The molecule has 1 atom stereocenters. The smallest absolute Gasteiger partial charge is 0.120 e. The van der Waals surface area contributed by atoms with Gasteiger partial charge in [0.05, 0.1) is 17.2 Å². The van der Waals surface area contributed by atoms with E-state index in [1.54, 1.807) is 13.2 Å². The van der Waals surface area contributed by atoms with Gasteiger partial charge in [-0.2, -0.15) is 0 Å². The summed E-state index contributed by atoms with van der Waals surface area (Å²) < 4.78 is 5.11. The van der Waals surface area contributed by atoms with Gasteiger partial charge < -0.3 is 4.74 Å². The zero-order valence-corrected chi connectivity index (χ0v) is 9.69. The normalized spacial score (nSPS) is 12.3. The minimum Gasteiger partial charge on any atom is -0.497 e. The van der Waals surface area contributed by atoms with Crippen LogP contribution in [0.15, 0.2) is 24.8 Å². The van der Waals surface area contributed by atoms with Crippen LogP contribution in [-0.4, -0.2) is 7.11 Å². The van der Waals surface area contributed by atoms with Crippen LogP contribution in [0.25, 0.3) is 0 Å². The number of hydrogen-bond donors (Lipinski definition) is 0. The first-order valence-electron chi connectivity index (χ1n) is 4.25. The monoisotopic (exact) mass is 230 g/mol. The Hall–Kier alpha value is -0.660. The Kier molecular flexibility index (Phi) is 3.85. The van der Waals surface area contributed by atoms with Gasteiger partial charge in [-0.1, -0.05) is 36.2 Å². The largest absolute Gasteiger partial charge is 0.497 e. The lowest BCUT2D eigenvalue weighted by atomic mass is 10.0. The van der Waals surface area contributed by atoms with Gasteiger partial charge in [-0.05, 0) is 11.6 Å².